The molecule has 5 N–H and O–H groups in total. The van der Waals surface area contributed by atoms with Crippen molar-refractivity contribution in [1.82, 2.24) is 14.6 Å². The van der Waals surface area contributed by atoms with Crippen LogP contribution in [0.25, 0.3) is 5.65 Å². The van der Waals surface area contributed by atoms with Gasteiger partial charge < -0.3 is 21.5 Å². The van der Waals surface area contributed by atoms with Crippen molar-refractivity contribution >= 4 is 22.8 Å². The number of benzene rings is 2. The minimum absolute atomic E-state index is 0.272. The van der Waals surface area contributed by atoms with Crippen LogP contribution < -0.4 is 21.5 Å². The first kappa shape index (κ1) is 19.4. The Kier molecular flexibility index (Phi) is 5.18. The van der Waals surface area contributed by atoms with Gasteiger partial charge in [0.1, 0.15) is 17.3 Å². The topological polar surface area (TPSA) is 103 Å². The molecule has 1 aliphatic carbocycles. The number of nitrogens with zero attached hydrogens (tertiary/aromatic N) is 3. The van der Waals surface area contributed by atoms with Crippen molar-refractivity contribution in [2.75, 3.05) is 11.1 Å². The molecule has 31 heavy (non-hydrogen) atoms. The van der Waals surface area contributed by atoms with Crippen LogP contribution in [-0.4, -0.2) is 20.6 Å². The molecular weight excluding hydrogens is 388 g/mol. The van der Waals surface area contributed by atoms with Crippen molar-refractivity contribution in [1.29, 1.82) is 0 Å². The van der Waals surface area contributed by atoms with E-state index in [0.29, 0.717) is 11.7 Å². The van der Waals surface area contributed by atoms with Gasteiger partial charge in [-0.05, 0) is 68.0 Å². The summed E-state index contributed by atoms with van der Waals surface area (Å²) in [5, 5.41) is 8.09. The molecule has 0 unspecified atom stereocenters. The molecule has 1 fully saturated rings. The predicted octanol–water partition coefficient (Wildman–Crippen LogP) is 4.83. The van der Waals surface area contributed by atoms with Crippen LogP contribution in [0.5, 0.6) is 11.5 Å². The van der Waals surface area contributed by atoms with Gasteiger partial charge in [0.2, 0.25) is 0 Å². The van der Waals surface area contributed by atoms with Crippen molar-refractivity contribution in [2.24, 2.45) is 5.73 Å². The molecule has 5 rings (SSSR count). The number of anilines is 3. The average Bonchev–Trinajstić information content (AvgIpc) is 3.25. The molecule has 4 aromatic rings. The van der Waals surface area contributed by atoms with E-state index >= 15 is 0 Å². The van der Waals surface area contributed by atoms with Crippen LogP contribution >= 0.6 is 0 Å². The predicted molar refractivity (Wildman–Crippen MR) is 123 cm³/mol. The van der Waals surface area contributed by atoms with E-state index in [1.165, 1.54) is 0 Å². The number of ether oxygens (including phenoxy) is 1. The Morgan fingerprint density at radius 3 is 2.39 bits per heavy atom. The zero-order valence-electron chi connectivity index (χ0n) is 17.2. The number of rotatable bonds is 5. The lowest BCUT2D eigenvalue weighted by Crippen LogP contribution is -2.26. The smallest absolute Gasteiger partial charge is 0.177 e. The van der Waals surface area contributed by atoms with Crippen molar-refractivity contribution in [3.05, 3.63) is 72.6 Å². The lowest BCUT2D eigenvalue weighted by molar-refractivity contribution is 0.396. The summed E-state index contributed by atoms with van der Waals surface area (Å²) in [6, 6.07) is 17.9. The van der Waals surface area contributed by atoms with Gasteiger partial charge in [-0.1, -0.05) is 18.2 Å². The fraction of sp³-hybridized carbons (Fsp3) is 0.250. The molecule has 7 heteroatoms. The number of fused-ring (bicyclic) bond motifs is 1. The van der Waals surface area contributed by atoms with Crippen molar-refractivity contribution in [3.8, 4) is 11.5 Å². The van der Waals surface area contributed by atoms with E-state index in [1.54, 1.807) is 10.7 Å². The van der Waals surface area contributed by atoms with Gasteiger partial charge in [-0.2, -0.15) is 0 Å². The second-order valence-electron chi connectivity index (χ2n) is 8.05. The molecule has 0 spiro atoms. The van der Waals surface area contributed by atoms with Crippen LogP contribution in [0.4, 0.5) is 17.2 Å². The largest absolute Gasteiger partial charge is 0.457 e. The lowest BCUT2D eigenvalue weighted by atomic mass is 9.81. The molecule has 0 amide bonds. The van der Waals surface area contributed by atoms with Gasteiger partial charge in [0, 0.05) is 29.7 Å². The molecule has 7 nitrogen and oxygen atoms in total. The number of nitrogen functional groups attached to an aromatic ring is 1. The Labute approximate surface area is 181 Å². The Hall–Kier alpha value is -3.58. The van der Waals surface area contributed by atoms with Crippen LogP contribution in [0.1, 0.15) is 37.2 Å². The Morgan fingerprint density at radius 2 is 1.65 bits per heavy atom. The highest BCUT2D eigenvalue weighted by Crippen LogP contribution is 2.41. The van der Waals surface area contributed by atoms with Crippen LogP contribution in [0.2, 0.25) is 0 Å². The quantitative estimate of drug-likeness (QED) is 0.432. The Balaban J connectivity index is 1.45. The van der Waals surface area contributed by atoms with Gasteiger partial charge >= 0.3 is 0 Å². The number of nitrogens with one attached hydrogen (secondary N) is 1. The van der Waals surface area contributed by atoms with Gasteiger partial charge in [-0.25, -0.2) is 9.50 Å². The molecule has 0 atom stereocenters. The van der Waals surface area contributed by atoms with Gasteiger partial charge in [-0.15, -0.1) is 5.10 Å². The summed E-state index contributed by atoms with van der Waals surface area (Å²) >= 11 is 0. The lowest BCUT2D eigenvalue weighted by Gasteiger charge is -2.28. The zero-order chi connectivity index (χ0) is 21.2. The molecule has 1 saturated carbocycles. The fourth-order valence-electron chi connectivity index (χ4n) is 4.29. The van der Waals surface area contributed by atoms with Crippen LogP contribution in [0.3, 0.4) is 0 Å². The van der Waals surface area contributed by atoms with E-state index < -0.39 is 0 Å². The molecule has 2 aromatic carbocycles. The highest BCUT2D eigenvalue weighted by Gasteiger charge is 2.27. The van der Waals surface area contributed by atoms with Crippen LogP contribution in [0.15, 0.2) is 67.0 Å². The number of nitrogens with two attached hydrogens (primary N) is 2. The summed E-state index contributed by atoms with van der Waals surface area (Å²) in [5.41, 5.74) is 16.2. The summed E-state index contributed by atoms with van der Waals surface area (Å²) in [6.45, 7) is 0. The first-order valence-electron chi connectivity index (χ1n) is 10.7. The van der Waals surface area contributed by atoms with Crippen LogP contribution in [0, 0.1) is 0 Å². The first-order chi connectivity index (χ1) is 15.2. The second-order valence-corrected chi connectivity index (χ2v) is 8.05. The van der Waals surface area contributed by atoms with Crippen molar-refractivity contribution in [3.63, 3.8) is 0 Å². The normalized spacial score (nSPS) is 18.7. The molecule has 158 valence electrons. The number of para-hydroxylation sites is 1. The monoisotopic (exact) mass is 414 g/mol. The van der Waals surface area contributed by atoms with Gasteiger partial charge in [-0.3, -0.25) is 0 Å². The average molecular weight is 415 g/mol. The highest BCUT2D eigenvalue weighted by molar-refractivity contribution is 5.80. The van der Waals surface area contributed by atoms with Gasteiger partial charge in [0.25, 0.3) is 0 Å². The molecule has 0 aliphatic heterocycles. The molecule has 0 radical (unpaired) electrons. The standard InChI is InChI=1S/C24H26N6O/c25-17-8-6-16(7-9-17)21-22(24-27-14-15-30(24)29-23(21)26)28-18-10-12-20(13-11-18)31-19-4-2-1-3-5-19/h1-5,10-17,28H,6-9,25H2,(H2,26,29). The maximum absolute atomic E-state index is 6.42. The molecular formula is C24H26N6O. The maximum Gasteiger partial charge on any atom is 0.177 e. The minimum atomic E-state index is 0.272. The van der Waals surface area contributed by atoms with E-state index in [-0.39, 0.29) is 6.04 Å². The number of hydrogen-bond donors (Lipinski definition) is 3. The summed E-state index contributed by atoms with van der Waals surface area (Å²) < 4.78 is 7.63. The van der Waals surface area contributed by atoms with Gasteiger partial charge in [0.15, 0.2) is 5.65 Å². The molecule has 1 aliphatic rings. The Morgan fingerprint density at radius 1 is 0.935 bits per heavy atom. The third kappa shape index (κ3) is 4.04. The van der Waals surface area contributed by atoms with Crippen LogP contribution in [-0.2, 0) is 0 Å². The molecule has 0 saturated heterocycles. The van der Waals surface area contributed by atoms with E-state index in [4.69, 9.17) is 16.2 Å². The minimum Gasteiger partial charge on any atom is -0.457 e. The second kappa shape index (κ2) is 8.28. The van der Waals surface area contributed by atoms with E-state index in [1.807, 2.05) is 60.8 Å². The molecule has 2 heterocycles. The summed E-state index contributed by atoms with van der Waals surface area (Å²) in [5.74, 6) is 2.44. The first-order valence-corrected chi connectivity index (χ1v) is 10.7. The highest BCUT2D eigenvalue weighted by atomic mass is 16.5. The number of aromatic nitrogens is 3. The third-order valence-corrected chi connectivity index (χ3v) is 5.89. The van der Waals surface area contributed by atoms with E-state index in [9.17, 15) is 0 Å². The SMILES string of the molecule is Nc1nn2ccnc2c(Nc2ccc(Oc3ccccc3)cc2)c1C1CCC(N)CC1. The van der Waals surface area contributed by atoms with Crippen molar-refractivity contribution in [2.45, 2.75) is 37.6 Å². The summed E-state index contributed by atoms with van der Waals surface area (Å²) in [7, 11) is 0. The number of imidazole rings is 1. The fourth-order valence-corrected chi connectivity index (χ4v) is 4.29. The van der Waals surface area contributed by atoms with Crippen molar-refractivity contribution < 1.29 is 4.74 Å². The number of hydrogen-bond acceptors (Lipinski definition) is 6. The van der Waals surface area contributed by atoms with E-state index in [0.717, 1.165) is 59.8 Å². The summed E-state index contributed by atoms with van der Waals surface area (Å²) in [4.78, 5) is 4.53. The molecule has 0 bridgehead atoms. The zero-order valence-corrected chi connectivity index (χ0v) is 17.2. The third-order valence-electron chi connectivity index (χ3n) is 5.89. The van der Waals surface area contributed by atoms with Gasteiger partial charge in [0.05, 0.1) is 5.69 Å². The summed E-state index contributed by atoms with van der Waals surface area (Å²) in [6.07, 6.45) is 7.55. The Bertz CT molecular complexity index is 1160. The maximum atomic E-state index is 6.42. The van der Waals surface area contributed by atoms with E-state index in [2.05, 4.69) is 15.4 Å². The molecule has 2 aromatic heterocycles.